The Labute approximate surface area is 117 Å². The molecule has 0 aromatic heterocycles. The first kappa shape index (κ1) is 15.9. The Morgan fingerprint density at radius 3 is 2.35 bits per heavy atom. The Hall–Kier alpha value is -2.17. The van der Waals surface area contributed by atoms with E-state index in [4.69, 9.17) is 14.7 Å². The summed E-state index contributed by atoms with van der Waals surface area (Å²) in [6, 6.07) is 6.33. The highest BCUT2D eigenvalue weighted by Crippen LogP contribution is 2.29. The molecule has 1 rings (SSSR count). The molecule has 20 heavy (non-hydrogen) atoms. The number of ether oxygens (including phenoxy) is 2. The normalized spacial score (nSPS) is 10.1. The van der Waals surface area contributed by atoms with E-state index in [-0.39, 0.29) is 11.3 Å². The molecule has 0 saturated heterocycles. The second-order valence-corrected chi connectivity index (χ2v) is 4.05. The predicted octanol–water partition coefficient (Wildman–Crippen LogP) is 1.57. The van der Waals surface area contributed by atoms with Gasteiger partial charge < -0.3 is 14.4 Å². The van der Waals surface area contributed by atoms with E-state index in [1.54, 1.807) is 26.4 Å². The second kappa shape index (κ2) is 8.09. The molecule has 0 unspecified atom stereocenters. The van der Waals surface area contributed by atoms with E-state index in [1.807, 2.05) is 11.0 Å². The first-order chi connectivity index (χ1) is 9.63. The van der Waals surface area contributed by atoms with Gasteiger partial charge in [-0.25, -0.2) is 0 Å². The van der Waals surface area contributed by atoms with Gasteiger partial charge in [0, 0.05) is 33.4 Å². The molecule has 0 amide bonds. The SMILES string of the molecule is COCCN(CCOC)c1ccc(C#N)cc1[N+](=O)[O-]. The molecule has 0 N–H and O–H groups in total. The molecule has 1 aromatic carbocycles. The maximum atomic E-state index is 11.1. The van der Waals surface area contributed by atoms with E-state index in [0.29, 0.717) is 32.0 Å². The molecule has 7 nitrogen and oxygen atoms in total. The summed E-state index contributed by atoms with van der Waals surface area (Å²) in [5.74, 6) is 0. The van der Waals surface area contributed by atoms with Crippen molar-refractivity contribution in [3.63, 3.8) is 0 Å². The third-order valence-corrected chi connectivity index (χ3v) is 2.77. The van der Waals surface area contributed by atoms with Gasteiger partial charge in [-0.3, -0.25) is 10.1 Å². The van der Waals surface area contributed by atoms with Gasteiger partial charge in [-0.15, -0.1) is 0 Å². The number of benzene rings is 1. The van der Waals surface area contributed by atoms with Crippen molar-refractivity contribution in [3.8, 4) is 6.07 Å². The number of rotatable bonds is 8. The van der Waals surface area contributed by atoms with Crippen LogP contribution >= 0.6 is 0 Å². The monoisotopic (exact) mass is 279 g/mol. The van der Waals surface area contributed by atoms with Gasteiger partial charge in [0.15, 0.2) is 0 Å². The van der Waals surface area contributed by atoms with Gasteiger partial charge in [0.2, 0.25) is 0 Å². The summed E-state index contributed by atoms with van der Waals surface area (Å²) in [6.07, 6.45) is 0. The fraction of sp³-hybridized carbons (Fsp3) is 0.462. The summed E-state index contributed by atoms with van der Waals surface area (Å²) >= 11 is 0. The Bertz CT molecular complexity index is 491. The van der Waals surface area contributed by atoms with Crippen molar-refractivity contribution in [2.45, 2.75) is 0 Å². The minimum absolute atomic E-state index is 0.0868. The highest BCUT2D eigenvalue weighted by Gasteiger charge is 2.20. The zero-order valence-corrected chi connectivity index (χ0v) is 11.5. The van der Waals surface area contributed by atoms with E-state index >= 15 is 0 Å². The number of nitro benzene ring substituents is 1. The standard InChI is InChI=1S/C13H17N3O4/c1-19-7-5-15(6-8-20-2)12-4-3-11(10-14)9-13(12)16(17)18/h3-4,9H,5-8H2,1-2H3. The minimum Gasteiger partial charge on any atom is -0.383 e. The minimum atomic E-state index is -0.483. The number of nitrogens with zero attached hydrogens (tertiary/aromatic N) is 3. The summed E-state index contributed by atoms with van der Waals surface area (Å²) in [5, 5.41) is 20.0. The lowest BCUT2D eigenvalue weighted by Crippen LogP contribution is -2.31. The Morgan fingerprint density at radius 2 is 1.90 bits per heavy atom. The Morgan fingerprint density at radius 1 is 1.30 bits per heavy atom. The van der Waals surface area contributed by atoms with Gasteiger partial charge in [-0.2, -0.15) is 5.26 Å². The number of nitriles is 1. The second-order valence-electron chi connectivity index (χ2n) is 4.05. The van der Waals surface area contributed by atoms with Crippen LogP contribution in [0.4, 0.5) is 11.4 Å². The molecule has 0 atom stereocenters. The summed E-state index contributed by atoms with van der Waals surface area (Å²) < 4.78 is 10.0. The van der Waals surface area contributed by atoms with Crippen molar-refractivity contribution in [2.75, 3.05) is 45.4 Å². The van der Waals surface area contributed by atoms with Crippen LogP contribution in [0.25, 0.3) is 0 Å². The molecule has 0 aliphatic rings. The lowest BCUT2D eigenvalue weighted by atomic mass is 10.1. The fourth-order valence-corrected chi connectivity index (χ4v) is 1.76. The van der Waals surface area contributed by atoms with Gasteiger partial charge >= 0.3 is 0 Å². The number of hydrogen-bond donors (Lipinski definition) is 0. The maximum absolute atomic E-state index is 11.1. The summed E-state index contributed by atoms with van der Waals surface area (Å²) in [6.45, 7) is 1.90. The first-order valence-corrected chi connectivity index (χ1v) is 6.05. The van der Waals surface area contributed by atoms with E-state index in [1.165, 1.54) is 6.07 Å². The topological polar surface area (TPSA) is 88.6 Å². The molecule has 0 heterocycles. The molecule has 0 radical (unpaired) electrons. The van der Waals surface area contributed by atoms with Crippen LogP contribution in [0.1, 0.15) is 5.56 Å². The van der Waals surface area contributed by atoms with Crippen molar-refractivity contribution in [3.05, 3.63) is 33.9 Å². The fourth-order valence-electron chi connectivity index (χ4n) is 1.76. The van der Waals surface area contributed by atoms with Crippen molar-refractivity contribution in [2.24, 2.45) is 0 Å². The van der Waals surface area contributed by atoms with Gasteiger partial charge in [-0.1, -0.05) is 0 Å². The summed E-state index contributed by atoms with van der Waals surface area (Å²) in [7, 11) is 3.14. The van der Waals surface area contributed by atoms with Gasteiger partial charge in [0.25, 0.3) is 5.69 Å². The molecular weight excluding hydrogens is 262 g/mol. The zero-order chi connectivity index (χ0) is 15.0. The van der Waals surface area contributed by atoms with Crippen LogP contribution in [0, 0.1) is 21.4 Å². The van der Waals surface area contributed by atoms with Crippen LogP contribution < -0.4 is 4.90 Å². The van der Waals surface area contributed by atoms with Crippen LogP contribution in [-0.2, 0) is 9.47 Å². The average molecular weight is 279 g/mol. The van der Waals surface area contributed by atoms with Crippen LogP contribution in [0.5, 0.6) is 0 Å². The van der Waals surface area contributed by atoms with Crippen molar-refractivity contribution in [1.29, 1.82) is 5.26 Å². The third kappa shape index (κ3) is 4.19. The van der Waals surface area contributed by atoms with Gasteiger partial charge in [0.05, 0.1) is 29.8 Å². The number of nitro groups is 1. The molecule has 0 fully saturated rings. The average Bonchev–Trinajstić information content (AvgIpc) is 2.47. The lowest BCUT2D eigenvalue weighted by molar-refractivity contribution is -0.384. The lowest BCUT2D eigenvalue weighted by Gasteiger charge is -2.23. The quantitative estimate of drug-likeness (QED) is 0.530. The molecule has 0 bridgehead atoms. The van der Waals surface area contributed by atoms with Gasteiger partial charge in [0.1, 0.15) is 5.69 Å². The van der Waals surface area contributed by atoms with Crippen molar-refractivity contribution in [1.82, 2.24) is 0 Å². The summed E-state index contributed by atoms with van der Waals surface area (Å²) in [4.78, 5) is 12.5. The summed E-state index contributed by atoms with van der Waals surface area (Å²) in [5.41, 5.74) is 0.637. The van der Waals surface area contributed by atoms with Crippen LogP contribution in [0.2, 0.25) is 0 Å². The van der Waals surface area contributed by atoms with Crippen molar-refractivity contribution < 1.29 is 14.4 Å². The number of hydrogen-bond acceptors (Lipinski definition) is 6. The molecular formula is C13H17N3O4. The van der Waals surface area contributed by atoms with Gasteiger partial charge in [-0.05, 0) is 12.1 Å². The Balaban J connectivity index is 3.10. The highest BCUT2D eigenvalue weighted by atomic mass is 16.6. The van der Waals surface area contributed by atoms with Crippen LogP contribution in [0.15, 0.2) is 18.2 Å². The highest BCUT2D eigenvalue weighted by molar-refractivity contribution is 5.65. The van der Waals surface area contributed by atoms with E-state index in [0.717, 1.165) is 0 Å². The van der Waals surface area contributed by atoms with E-state index in [2.05, 4.69) is 0 Å². The largest absolute Gasteiger partial charge is 0.383 e. The number of methoxy groups -OCH3 is 2. The van der Waals surface area contributed by atoms with Crippen LogP contribution in [0.3, 0.4) is 0 Å². The zero-order valence-electron chi connectivity index (χ0n) is 11.5. The molecule has 108 valence electrons. The molecule has 0 spiro atoms. The molecule has 0 aliphatic carbocycles. The molecule has 7 heteroatoms. The molecule has 0 aliphatic heterocycles. The van der Waals surface area contributed by atoms with E-state index in [9.17, 15) is 10.1 Å². The number of anilines is 1. The molecule has 0 saturated carbocycles. The van der Waals surface area contributed by atoms with Crippen LogP contribution in [-0.4, -0.2) is 45.4 Å². The predicted molar refractivity (Wildman–Crippen MR) is 73.8 cm³/mol. The smallest absolute Gasteiger partial charge is 0.293 e. The Kier molecular flexibility index (Phi) is 6.43. The third-order valence-electron chi connectivity index (χ3n) is 2.77. The first-order valence-electron chi connectivity index (χ1n) is 6.05. The van der Waals surface area contributed by atoms with Crippen molar-refractivity contribution >= 4 is 11.4 Å². The molecule has 1 aromatic rings. The van der Waals surface area contributed by atoms with E-state index < -0.39 is 4.92 Å². The maximum Gasteiger partial charge on any atom is 0.293 e.